The molecule has 1 saturated heterocycles. The van der Waals surface area contributed by atoms with Crippen LogP contribution in [0, 0.1) is 5.95 Å². The Balaban J connectivity index is 0.000000317. The third-order valence-electron chi connectivity index (χ3n) is 6.59. The second-order valence-electron chi connectivity index (χ2n) is 10.0. The Morgan fingerprint density at radius 1 is 0.955 bits per heavy atom. The van der Waals surface area contributed by atoms with Crippen molar-refractivity contribution in [1.29, 1.82) is 0 Å². The molecule has 0 radical (unpaired) electrons. The Bertz CT molecular complexity index is 1580. The van der Waals surface area contributed by atoms with Crippen LogP contribution in [0.25, 0.3) is 11.1 Å². The Morgan fingerprint density at radius 3 is 2.00 bits per heavy atom. The Morgan fingerprint density at radius 2 is 1.52 bits per heavy atom. The molecule has 2 aromatic heterocycles. The number of carboxylic acid groups (broad SMARTS) is 2. The summed E-state index contributed by atoms with van der Waals surface area (Å²) in [6.45, 7) is 6.05. The summed E-state index contributed by atoms with van der Waals surface area (Å²) >= 11 is 0. The van der Waals surface area contributed by atoms with Gasteiger partial charge in [0.05, 0.1) is 16.3 Å². The number of rotatable bonds is 4. The van der Waals surface area contributed by atoms with Crippen molar-refractivity contribution in [3.63, 3.8) is 0 Å². The standard InChI is InChI=1S/C22H23FN4O2S.2C2HF3O2/c1-14(2)27-11-15(8-25-27)10-26-12-19-18-7-16(17-4-6-22(23)24-9-17)3-5-20(18)30(28,29)21(19)13-26;2*3-2(4,5)1(6)7/h3-9,11,14,19,21H,10,12-13H2,1-2H3;2*(H,6,7). The second-order valence-corrected chi connectivity index (χ2v) is 12.2. The van der Waals surface area contributed by atoms with Crippen molar-refractivity contribution in [2.75, 3.05) is 13.1 Å². The number of hydrogen-bond acceptors (Lipinski definition) is 7. The number of carbonyl (C=O) groups is 2. The van der Waals surface area contributed by atoms with E-state index in [9.17, 15) is 39.2 Å². The fourth-order valence-electron chi connectivity index (χ4n) is 4.58. The van der Waals surface area contributed by atoms with Crippen LogP contribution in [-0.4, -0.2) is 80.9 Å². The van der Waals surface area contributed by atoms with Gasteiger partial charge in [0.2, 0.25) is 5.95 Å². The van der Waals surface area contributed by atoms with Gasteiger partial charge in [-0.2, -0.15) is 35.8 Å². The quantitative estimate of drug-likeness (QED) is 0.303. The predicted octanol–water partition coefficient (Wildman–Crippen LogP) is 4.69. The molecular weight excluding hydrogens is 629 g/mol. The summed E-state index contributed by atoms with van der Waals surface area (Å²) in [6, 6.07) is 8.69. The van der Waals surface area contributed by atoms with Crippen molar-refractivity contribution >= 4 is 21.8 Å². The van der Waals surface area contributed by atoms with E-state index in [1.807, 2.05) is 23.1 Å². The maximum absolute atomic E-state index is 13.2. The van der Waals surface area contributed by atoms with E-state index in [0.717, 1.165) is 22.3 Å². The van der Waals surface area contributed by atoms with Crippen molar-refractivity contribution in [2.45, 2.75) is 54.8 Å². The number of likely N-dealkylation sites (tertiary alicyclic amines) is 1. The van der Waals surface area contributed by atoms with Gasteiger partial charge in [-0.05, 0) is 49.2 Å². The summed E-state index contributed by atoms with van der Waals surface area (Å²) in [6.07, 6.45) is -4.80. The molecule has 0 amide bonds. The van der Waals surface area contributed by atoms with Crippen molar-refractivity contribution in [3.05, 3.63) is 66.0 Å². The molecule has 0 saturated carbocycles. The van der Waals surface area contributed by atoms with Crippen LogP contribution in [0.5, 0.6) is 0 Å². The number of fused-ring (bicyclic) bond motifs is 3. The van der Waals surface area contributed by atoms with Crippen LogP contribution in [0.2, 0.25) is 0 Å². The molecule has 2 atom stereocenters. The van der Waals surface area contributed by atoms with Gasteiger partial charge in [0.1, 0.15) is 0 Å². The summed E-state index contributed by atoms with van der Waals surface area (Å²) in [5, 5.41) is 18.2. The van der Waals surface area contributed by atoms with Gasteiger partial charge >= 0.3 is 24.3 Å². The van der Waals surface area contributed by atoms with Crippen molar-refractivity contribution < 1.29 is 59.0 Å². The molecule has 44 heavy (non-hydrogen) atoms. The number of aromatic nitrogens is 3. The number of pyridine rings is 1. The molecule has 5 rings (SSSR count). The zero-order valence-corrected chi connectivity index (χ0v) is 23.7. The molecule has 240 valence electrons. The van der Waals surface area contributed by atoms with Crippen LogP contribution in [0.4, 0.5) is 30.7 Å². The van der Waals surface area contributed by atoms with E-state index in [2.05, 4.69) is 28.8 Å². The predicted molar refractivity (Wildman–Crippen MR) is 139 cm³/mol. The number of nitrogens with zero attached hydrogens (tertiary/aromatic N) is 4. The Kier molecular flexibility index (Phi) is 10.1. The first-order valence-electron chi connectivity index (χ1n) is 12.6. The first-order valence-corrected chi connectivity index (χ1v) is 14.1. The Labute approximate surface area is 245 Å². The highest BCUT2D eigenvalue weighted by Gasteiger charge is 2.50. The maximum atomic E-state index is 13.2. The monoisotopic (exact) mass is 654 g/mol. The highest BCUT2D eigenvalue weighted by atomic mass is 32.2. The lowest BCUT2D eigenvalue weighted by Gasteiger charge is -2.16. The van der Waals surface area contributed by atoms with E-state index in [4.69, 9.17) is 19.8 Å². The molecule has 2 unspecified atom stereocenters. The number of alkyl halides is 6. The molecule has 2 N–H and O–H groups in total. The minimum absolute atomic E-state index is 0.0569. The van der Waals surface area contributed by atoms with Crippen molar-refractivity contribution in [2.24, 2.45) is 0 Å². The number of carboxylic acids is 2. The lowest BCUT2D eigenvalue weighted by molar-refractivity contribution is -0.193. The number of benzene rings is 1. The van der Waals surface area contributed by atoms with Crippen LogP contribution in [0.15, 0.2) is 53.8 Å². The smallest absolute Gasteiger partial charge is 0.475 e. The van der Waals surface area contributed by atoms with E-state index < -0.39 is 45.3 Å². The van der Waals surface area contributed by atoms with Crippen molar-refractivity contribution in [1.82, 2.24) is 19.7 Å². The molecule has 2 aliphatic heterocycles. The van der Waals surface area contributed by atoms with Gasteiger partial charge in [0.15, 0.2) is 9.84 Å². The van der Waals surface area contributed by atoms with Crippen LogP contribution in [-0.2, 0) is 26.0 Å². The molecule has 0 bridgehead atoms. The van der Waals surface area contributed by atoms with Crippen LogP contribution in [0.3, 0.4) is 0 Å². The molecule has 1 aromatic carbocycles. The Hall–Kier alpha value is -4.06. The number of hydrogen-bond donors (Lipinski definition) is 2. The number of sulfone groups is 1. The lowest BCUT2D eigenvalue weighted by atomic mass is 9.95. The van der Waals surface area contributed by atoms with Gasteiger partial charge in [-0.15, -0.1) is 0 Å². The summed E-state index contributed by atoms with van der Waals surface area (Å²) in [4.78, 5) is 24.1. The van der Waals surface area contributed by atoms with Crippen LogP contribution < -0.4 is 0 Å². The number of halogens is 7. The third kappa shape index (κ3) is 8.10. The van der Waals surface area contributed by atoms with Gasteiger partial charge in [-0.1, -0.05) is 6.07 Å². The topological polar surface area (TPSA) is 143 Å². The van der Waals surface area contributed by atoms with Crippen LogP contribution in [0.1, 0.15) is 36.9 Å². The normalized spacial score (nSPS) is 18.9. The lowest BCUT2D eigenvalue weighted by Crippen LogP contribution is -2.25. The molecule has 4 heterocycles. The average Bonchev–Trinajstić information content (AvgIpc) is 3.60. The average molecular weight is 655 g/mol. The molecule has 0 aliphatic carbocycles. The van der Waals surface area contributed by atoms with Crippen LogP contribution >= 0.6 is 0 Å². The number of aliphatic carboxylic acids is 2. The molecule has 18 heteroatoms. The maximum Gasteiger partial charge on any atom is 0.490 e. The van der Waals surface area contributed by atoms with E-state index >= 15 is 0 Å². The molecular formula is C26H25F7N4O6S. The molecule has 2 aliphatic rings. The highest BCUT2D eigenvalue weighted by molar-refractivity contribution is 7.92. The molecule has 10 nitrogen and oxygen atoms in total. The minimum Gasteiger partial charge on any atom is -0.475 e. The fraction of sp³-hybridized carbons (Fsp3) is 0.385. The molecule has 3 aromatic rings. The second kappa shape index (κ2) is 12.9. The van der Waals surface area contributed by atoms with Gasteiger partial charge < -0.3 is 10.2 Å². The minimum atomic E-state index is -5.08. The third-order valence-corrected chi connectivity index (χ3v) is 8.85. The van der Waals surface area contributed by atoms with Gasteiger partial charge in [0.25, 0.3) is 0 Å². The zero-order valence-electron chi connectivity index (χ0n) is 22.8. The van der Waals surface area contributed by atoms with Crippen molar-refractivity contribution in [3.8, 4) is 11.1 Å². The van der Waals surface area contributed by atoms with E-state index in [1.54, 1.807) is 18.2 Å². The molecule has 0 spiro atoms. The first-order chi connectivity index (χ1) is 20.2. The summed E-state index contributed by atoms with van der Waals surface area (Å²) in [7, 11) is -3.36. The summed E-state index contributed by atoms with van der Waals surface area (Å²) in [5.41, 5.74) is 3.58. The van der Waals surface area contributed by atoms with Gasteiger partial charge in [-0.25, -0.2) is 23.0 Å². The van der Waals surface area contributed by atoms with E-state index in [1.165, 1.54) is 12.3 Å². The summed E-state index contributed by atoms with van der Waals surface area (Å²) < 4.78 is 105. The summed E-state index contributed by atoms with van der Waals surface area (Å²) in [5.74, 6) is -6.10. The van der Waals surface area contributed by atoms with E-state index in [-0.39, 0.29) is 5.92 Å². The van der Waals surface area contributed by atoms with E-state index in [0.29, 0.717) is 30.6 Å². The van der Waals surface area contributed by atoms with Gasteiger partial charge in [0, 0.05) is 55.1 Å². The highest BCUT2D eigenvalue weighted by Crippen LogP contribution is 2.46. The fourth-order valence-corrected chi connectivity index (χ4v) is 6.78. The SMILES string of the molecule is CC(C)n1cc(CN2CC3c4cc(-c5ccc(F)nc5)ccc4S(=O)(=O)C3C2)cn1.O=C(O)C(F)(F)F.O=C(O)C(F)(F)F. The van der Waals surface area contributed by atoms with Gasteiger partial charge in [-0.3, -0.25) is 9.58 Å². The first kappa shape index (κ1) is 34.4. The molecule has 1 fully saturated rings. The largest absolute Gasteiger partial charge is 0.490 e. The zero-order chi connectivity index (χ0) is 33.2.